The van der Waals surface area contributed by atoms with E-state index in [1.807, 2.05) is 0 Å². The number of rotatable bonds is 4. The van der Waals surface area contributed by atoms with Gasteiger partial charge in [-0.05, 0) is 50.8 Å². The quantitative estimate of drug-likeness (QED) is 0.886. The van der Waals surface area contributed by atoms with E-state index in [1.165, 1.54) is 11.1 Å². The van der Waals surface area contributed by atoms with Crippen molar-refractivity contribution in [1.29, 1.82) is 0 Å². The molecule has 2 rings (SSSR count). The van der Waals surface area contributed by atoms with Crippen LogP contribution < -0.4 is 10.6 Å². The molecular formula is C17H26N2O. The highest BCUT2D eigenvalue weighted by Crippen LogP contribution is 2.19. The summed E-state index contributed by atoms with van der Waals surface area (Å²) >= 11 is 0. The largest absolute Gasteiger partial charge is 0.349 e. The topological polar surface area (TPSA) is 41.1 Å². The predicted molar refractivity (Wildman–Crippen MR) is 82.6 cm³/mol. The number of hydrogen-bond donors (Lipinski definition) is 2. The maximum absolute atomic E-state index is 12.3. The summed E-state index contributed by atoms with van der Waals surface area (Å²) in [5.74, 6) is 0.356. The molecule has 0 aliphatic carbocycles. The lowest BCUT2D eigenvalue weighted by atomic mass is 9.92. The van der Waals surface area contributed by atoms with Crippen molar-refractivity contribution in [3.63, 3.8) is 0 Å². The zero-order chi connectivity index (χ0) is 14.5. The Labute approximate surface area is 122 Å². The van der Waals surface area contributed by atoms with E-state index in [-0.39, 0.29) is 17.9 Å². The van der Waals surface area contributed by atoms with Crippen molar-refractivity contribution < 1.29 is 4.79 Å². The summed E-state index contributed by atoms with van der Waals surface area (Å²) in [6.07, 6.45) is 2.93. The Hall–Kier alpha value is -1.35. The first kappa shape index (κ1) is 15.0. The smallest absolute Gasteiger partial charge is 0.223 e. The minimum Gasteiger partial charge on any atom is -0.349 e. The standard InChI is InChI=1S/C17H26N2O/c1-4-14-5-7-15(8-6-14)13(3)19-17(20)16-9-10-18-12(2)11-16/h5-8,12-13,16,18H,4,9-11H2,1-3H3,(H,19,20). The minimum atomic E-state index is 0.0820. The third-order valence-corrected chi connectivity index (χ3v) is 4.24. The summed E-state index contributed by atoms with van der Waals surface area (Å²) in [5.41, 5.74) is 2.51. The van der Waals surface area contributed by atoms with Gasteiger partial charge < -0.3 is 10.6 Å². The fraction of sp³-hybridized carbons (Fsp3) is 0.588. The maximum Gasteiger partial charge on any atom is 0.223 e. The van der Waals surface area contributed by atoms with Gasteiger partial charge in [0.25, 0.3) is 0 Å². The lowest BCUT2D eigenvalue weighted by Gasteiger charge is -2.28. The Morgan fingerprint density at radius 2 is 2.10 bits per heavy atom. The van der Waals surface area contributed by atoms with Crippen LogP contribution in [0, 0.1) is 5.92 Å². The number of nitrogens with one attached hydrogen (secondary N) is 2. The van der Waals surface area contributed by atoms with Gasteiger partial charge in [0.05, 0.1) is 6.04 Å². The summed E-state index contributed by atoms with van der Waals surface area (Å²) in [6, 6.07) is 9.05. The van der Waals surface area contributed by atoms with Gasteiger partial charge in [-0.15, -0.1) is 0 Å². The average Bonchev–Trinajstić information content (AvgIpc) is 2.47. The average molecular weight is 274 g/mol. The Balaban J connectivity index is 1.92. The molecule has 1 amide bonds. The van der Waals surface area contributed by atoms with E-state index in [0.29, 0.717) is 6.04 Å². The number of aryl methyl sites for hydroxylation is 1. The van der Waals surface area contributed by atoms with Crippen LogP contribution in [0.1, 0.15) is 50.8 Å². The molecule has 1 saturated heterocycles. The number of amides is 1. The molecule has 0 aromatic heterocycles. The SMILES string of the molecule is CCc1ccc(C(C)NC(=O)C2CCNC(C)C2)cc1. The summed E-state index contributed by atoms with van der Waals surface area (Å²) in [6.45, 7) is 7.30. The molecular weight excluding hydrogens is 248 g/mol. The molecule has 1 fully saturated rings. The Morgan fingerprint density at radius 1 is 1.40 bits per heavy atom. The number of hydrogen-bond acceptors (Lipinski definition) is 2. The van der Waals surface area contributed by atoms with Crippen LogP contribution in [0.5, 0.6) is 0 Å². The molecule has 3 atom stereocenters. The molecule has 0 bridgehead atoms. The minimum absolute atomic E-state index is 0.0820. The number of piperidine rings is 1. The molecule has 1 aromatic carbocycles. The molecule has 1 aliphatic heterocycles. The monoisotopic (exact) mass is 274 g/mol. The van der Waals surface area contributed by atoms with E-state index in [9.17, 15) is 4.79 Å². The van der Waals surface area contributed by atoms with Gasteiger partial charge in [0.15, 0.2) is 0 Å². The molecule has 0 radical (unpaired) electrons. The van der Waals surface area contributed by atoms with Crippen molar-refractivity contribution in [3.8, 4) is 0 Å². The van der Waals surface area contributed by atoms with Crippen LogP contribution in [0.3, 0.4) is 0 Å². The Bertz CT molecular complexity index is 441. The normalized spacial score (nSPS) is 24.1. The summed E-state index contributed by atoms with van der Waals surface area (Å²) in [4.78, 5) is 12.3. The van der Waals surface area contributed by atoms with Crippen LogP contribution in [0.2, 0.25) is 0 Å². The van der Waals surface area contributed by atoms with Crippen LogP contribution in [-0.4, -0.2) is 18.5 Å². The molecule has 3 heteroatoms. The second-order valence-corrected chi connectivity index (χ2v) is 5.90. The molecule has 110 valence electrons. The lowest BCUT2D eigenvalue weighted by Crippen LogP contribution is -2.42. The van der Waals surface area contributed by atoms with Crippen LogP contribution >= 0.6 is 0 Å². The molecule has 3 nitrogen and oxygen atoms in total. The molecule has 3 unspecified atom stereocenters. The van der Waals surface area contributed by atoms with Crippen molar-refractivity contribution in [2.75, 3.05) is 6.54 Å². The van der Waals surface area contributed by atoms with Gasteiger partial charge in [-0.3, -0.25) is 4.79 Å². The van der Waals surface area contributed by atoms with Gasteiger partial charge >= 0.3 is 0 Å². The first-order valence-corrected chi connectivity index (χ1v) is 7.72. The second-order valence-electron chi connectivity index (χ2n) is 5.90. The number of carbonyl (C=O) groups excluding carboxylic acids is 1. The van der Waals surface area contributed by atoms with E-state index in [4.69, 9.17) is 0 Å². The van der Waals surface area contributed by atoms with E-state index < -0.39 is 0 Å². The zero-order valence-corrected chi connectivity index (χ0v) is 12.8. The maximum atomic E-state index is 12.3. The highest BCUT2D eigenvalue weighted by Gasteiger charge is 2.25. The third kappa shape index (κ3) is 3.83. The molecule has 1 aliphatic rings. The Kier molecular flexibility index (Phi) is 5.18. The van der Waals surface area contributed by atoms with Crippen molar-refractivity contribution >= 4 is 5.91 Å². The fourth-order valence-corrected chi connectivity index (χ4v) is 2.83. The Morgan fingerprint density at radius 3 is 2.70 bits per heavy atom. The van der Waals surface area contributed by atoms with E-state index in [1.54, 1.807) is 0 Å². The van der Waals surface area contributed by atoms with Gasteiger partial charge in [-0.25, -0.2) is 0 Å². The van der Waals surface area contributed by atoms with Gasteiger partial charge in [0.1, 0.15) is 0 Å². The number of benzene rings is 1. The number of carbonyl (C=O) groups is 1. The van der Waals surface area contributed by atoms with Crippen molar-refractivity contribution in [1.82, 2.24) is 10.6 Å². The zero-order valence-electron chi connectivity index (χ0n) is 12.8. The molecule has 20 heavy (non-hydrogen) atoms. The summed E-state index contributed by atoms with van der Waals surface area (Å²) in [5, 5.41) is 6.54. The van der Waals surface area contributed by atoms with Crippen LogP contribution in [-0.2, 0) is 11.2 Å². The molecule has 1 heterocycles. The highest BCUT2D eigenvalue weighted by molar-refractivity contribution is 5.79. The first-order chi connectivity index (χ1) is 9.60. The van der Waals surface area contributed by atoms with Gasteiger partial charge in [0, 0.05) is 12.0 Å². The summed E-state index contributed by atoms with van der Waals surface area (Å²) in [7, 11) is 0. The predicted octanol–water partition coefficient (Wildman–Crippen LogP) is 2.81. The molecule has 0 spiro atoms. The van der Waals surface area contributed by atoms with Crippen LogP contribution in [0.25, 0.3) is 0 Å². The molecule has 0 saturated carbocycles. The van der Waals surface area contributed by atoms with E-state index >= 15 is 0 Å². The molecule has 1 aromatic rings. The van der Waals surface area contributed by atoms with Gasteiger partial charge in [-0.2, -0.15) is 0 Å². The lowest BCUT2D eigenvalue weighted by molar-refractivity contribution is -0.126. The van der Waals surface area contributed by atoms with E-state index in [2.05, 4.69) is 55.7 Å². The highest BCUT2D eigenvalue weighted by atomic mass is 16.1. The van der Waals surface area contributed by atoms with Gasteiger partial charge in [-0.1, -0.05) is 31.2 Å². The van der Waals surface area contributed by atoms with Crippen LogP contribution in [0.4, 0.5) is 0 Å². The van der Waals surface area contributed by atoms with Crippen molar-refractivity contribution in [2.24, 2.45) is 5.92 Å². The van der Waals surface area contributed by atoms with Crippen molar-refractivity contribution in [3.05, 3.63) is 35.4 Å². The second kappa shape index (κ2) is 6.89. The van der Waals surface area contributed by atoms with Crippen LogP contribution in [0.15, 0.2) is 24.3 Å². The van der Waals surface area contributed by atoms with Gasteiger partial charge in [0.2, 0.25) is 5.91 Å². The first-order valence-electron chi connectivity index (χ1n) is 7.72. The fourth-order valence-electron chi connectivity index (χ4n) is 2.83. The van der Waals surface area contributed by atoms with E-state index in [0.717, 1.165) is 25.8 Å². The third-order valence-electron chi connectivity index (χ3n) is 4.24. The van der Waals surface area contributed by atoms with Crippen molar-refractivity contribution in [2.45, 2.75) is 52.1 Å². The molecule has 2 N–H and O–H groups in total. The summed E-state index contributed by atoms with van der Waals surface area (Å²) < 4.78 is 0.